The number of carboxylic acid groups (broad SMARTS) is 1. The van der Waals surface area contributed by atoms with Crippen LogP contribution < -0.4 is 0 Å². The first-order chi connectivity index (χ1) is 6.63. The molecule has 0 saturated heterocycles. The summed E-state index contributed by atoms with van der Waals surface area (Å²) >= 11 is 0. The average molecular weight is 202 g/mol. The molecule has 2 atom stereocenters. The van der Waals surface area contributed by atoms with Crippen LogP contribution in [0.4, 0.5) is 0 Å². The van der Waals surface area contributed by atoms with Gasteiger partial charge in [0.2, 0.25) is 0 Å². The number of aliphatic hydroxyl groups excluding tert-OH is 1. The molecular formula is C11H22O3. The molecule has 0 radical (unpaired) electrons. The predicted octanol–water partition coefficient (Wildman–Crippen LogP) is 2.43. The van der Waals surface area contributed by atoms with E-state index in [4.69, 9.17) is 5.11 Å². The van der Waals surface area contributed by atoms with Crippen LogP contribution in [0.5, 0.6) is 0 Å². The zero-order chi connectivity index (χ0) is 11.0. The highest BCUT2D eigenvalue weighted by molar-refractivity contribution is 5.70. The Morgan fingerprint density at radius 3 is 2.29 bits per heavy atom. The number of unbranched alkanes of at least 4 members (excludes halogenated alkanes) is 3. The zero-order valence-corrected chi connectivity index (χ0v) is 9.20. The SMILES string of the molecule is CCCCCCC(C(=O)O)C(O)CC. The highest BCUT2D eigenvalue weighted by Gasteiger charge is 2.24. The molecule has 0 bridgehead atoms. The van der Waals surface area contributed by atoms with Crippen LogP contribution in [-0.2, 0) is 4.79 Å². The monoisotopic (exact) mass is 202 g/mol. The Bertz CT molecular complexity index is 157. The molecule has 0 rings (SSSR count). The lowest BCUT2D eigenvalue weighted by Gasteiger charge is -2.17. The molecule has 0 heterocycles. The fourth-order valence-electron chi connectivity index (χ4n) is 1.56. The third-order valence-electron chi connectivity index (χ3n) is 2.57. The van der Waals surface area contributed by atoms with Crippen molar-refractivity contribution in [3.63, 3.8) is 0 Å². The van der Waals surface area contributed by atoms with E-state index in [1.807, 2.05) is 6.92 Å². The fourth-order valence-corrected chi connectivity index (χ4v) is 1.56. The number of aliphatic carboxylic acids is 1. The van der Waals surface area contributed by atoms with Crippen molar-refractivity contribution in [3.05, 3.63) is 0 Å². The van der Waals surface area contributed by atoms with E-state index in [1.54, 1.807) is 0 Å². The standard InChI is InChI=1S/C11H22O3/c1-3-5-6-7-8-9(11(13)14)10(12)4-2/h9-10,12H,3-8H2,1-2H3,(H,13,14). The summed E-state index contributed by atoms with van der Waals surface area (Å²) in [7, 11) is 0. The maximum atomic E-state index is 10.8. The van der Waals surface area contributed by atoms with E-state index in [2.05, 4.69) is 6.92 Å². The summed E-state index contributed by atoms with van der Waals surface area (Å²) in [5, 5.41) is 18.3. The number of aliphatic hydroxyl groups is 1. The molecule has 0 amide bonds. The van der Waals surface area contributed by atoms with Gasteiger partial charge in [0.25, 0.3) is 0 Å². The van der Waals surface area contributed by atoms with E-state index < -0.39 is 18.0 Å². The van der Waals surface area contributed by atoms with Gasteiger partial charge in [-0.05, 0) is 12.8 Å². The largest absolute Gasteiger partial charge is 0.481 e. The number of carbonyl (C=O) groups is 1. The topological polar surface area (TPSA) is 57.5 Å². The third-order valence-corrected chi connectivity index (χ3v) is 2.57. The average Bonchev–Trinajstić information content (AvgIpc) is 2.16. The molecule has 0 saturated carbocycles. The van der Waals surface area contributed by atoms with Gasteiger partial charge < -0.3 is 10.2 Å². The van der Waals surface area contributed by atoms with Crippen LogP contribution in [0.2, 0.25) is 0 Å². The molecule has 2 unspecified atom stereocenters. The van der Waals surface area contributed by atoms with Crippen LogP contribution >= 0.6 is 0 Å². The Morgan fingerprint density at radius 2 is 1.86 bits per heavy atom. The Hall–Kier alpha value is -0.570. The Labute approximate surface area is 86.1 Å². The van der Waals surface area contributed by atoms with E-state index in [0.29, 0.717) is 12.8 Å². The minimum Gasteiger partial charge on any atom is -0.481 e. The molecule has 3 heteroatoms. The van der Waals surface area contributed by atoms with Gasteiger partial charge in [-0.25, -0.2) is 0 Å². The Morgan fingerprint density at radius 1 is 1.21 bits per heavy atom. The molecular weight excluding hydrogens is 180 g/mol. The van der Waals surface area contributed by atoms with E-state index in [0.717, 1.165) is 25.7 Å². The summed E-state index contributed by atoms with van der Waals surface area (Å²) in [5.74, 6) is -1.44. The molecule has 0 aromatic rings. The minimum absolute atomic E-state index is 0.519. The van der Waals surface area contributed by atoms with Gasteiger partial charge >= 0.3 is 5.97 Å². The summed E-state index contributed by atoms with van der Waals surface area (Å²) in [6.45, 7) is 3.93. The quantitative estimate of drug-likeness (QED) is 0.594. The lowest BCUT2D eigenvalue weighted by Crippen LogP contribution is -2.27. The fraction of sp³-hybridized carbons (Fsp3) is 0.909. The third kappa shape index (κ3) is 5.22. The summed E-state index contributed by atoms with van der Waals surface area (Å²) < 4.78 is 0. The molecule has 0 aliphatic carbocycles. The smallest absolute Gasteiger partial charge is 0.309 e. The van der Waals surface area contributed by atoms with Crippen LogP contribution in [0.1, 0.15) is 52.4 Å². The summed E-state index contributed by atoms with van der Waals surface area (Å²) in [5.41, 5.74) is 0. The van der Waals surface area contributed by atoms with Crippen LogP contribution in [0, 0.1) is 5.92 Å². The van der Waals surface area contributed by atoms with Gasteiger partial charge in [0.15, 0.2) is 0 Å². The second-order valence-corrected chi connectivity index (χ2v) is 3.77. The van der Waals surface area contributed by atoms with Gasteiger partial charge in [0.05, 0.1) is 12.0 Å². The Kier molecular flexibility index (Phi) is 7.48. The van der Waals surface area contributed by atoms with Gasteiger partial charge in [-0.2, -0.15) is 0 Å². The zero-order valence-electron chi connectivity index (χ0n) is 9.20. The molecule has 0 aliphatic heterocycles. The second kappa shape index (κ2) is 7.80. The number of hydrogen-bond donors (Lipinski definition) is 2. The molecule has 3 nitrogen and oxygen atoms in total. The lowest BCUT2D eigenvalue weighted by atomic mass is 9.94. The molecule has 84 valence electrons. The van der Waals surface area contributed by atoms with Crippen molar-refractivity contribution in [3.8, 4) is 0 Å². The lowest BCUT2D eigenvalue weighted by molar-refractivity contribution is -0.146. The first-order valence-electron chi connectivity index (χ1n) is 5.54. The van der Waals surface area contributed by atoms with Crippen LogP contribution in [0.3, 0.4) is 0 Å². The van der Waals surface area contributed by atoms with Gasteiger partial charge in [-0.1, -0.05) is 39.5 Å². The highest BCUT2D eigenvalue weighted by atomic mass is 16.4. The maximum absolute atomic E-state index is 10.8. The summed E-state index contributed by atoms with van der Waals surface area (Å²) in [6, 6.07) is 0. The van der Waals surface area contributed by atoms with Crippen molar-refractivity contribution < 1.29 is 15.0 Å². The molecule has 0 aromatic heterocycles. The number of hydrogen-bond acceptors (Lipinski definition) is 2. The van der Waals surface area contributed by atoms with Crippen LogP contribution in [0.15, 0.2) is 0 Å². The Balaban J connectivity index is 3.80. The minimum atomic E-state index is -0.865. The molecule has 2 N–H and O–H groups in total. The molecule has 0 spiro atoms. The van der Waals surface area contributed by atoms with Crippen molar-refractivity contribution >= 4 is 5.97 Å². The van der Waals surface area contributed by atoms with E-state index in [-0.39, 0.29) is 0 Å². The first kappa shape index (κ1) is 13.4. The maximum Gasteiger partial charge on any atom is 0.309 e. The van der Waals surface area contributed by atoms with Gasteiger partial charge in [-0.3, -0.25) is 4.79 Å². The predicted molar refractivity (Wildman–Crippen MR) is 56.2 cm³/mol. The summed E-state index contributed by atoms with van der Waals surface area (Å²) in [4.78, 5) is 10.8. The normalized spacial score (nSPS) is 15.1. The van der Waals surface area contributed by atoms with Crippen molar-refractivity contribution in [2.75, 3.05) is 0 Å². The highest BCUT2D eigenvalue weighted by Crippen LogP contribution is 2.17. The van der Waals surface area contributed by atoms with E-state index in [9.17, 15) is 9.90 Å². The van der Waals surface area contributed by atoms with Crippen molar-refractivity contribution in [2.24, 2.45) is 5.92 Å². The second-order valence-electron chi connectivity index (χ2n) is 3.77. The molecule has 0 aromatic carbocycles. The first-order valence-corrected chi connectivity index (χ1v) is 5.54. The molecule has 0 fully saturated rings. The summed E-state index contributed by atoms with van der Waals surface area (Å²) in [6.07, 6.45) is 4.70. The number of rotatable bonds is 8. The van der Waals surface area contributed by atoms with E-state index in [1.165, 1.54) is 0 Å². The van der Waals surface area contributed by atoms with E-state index >= 15 is 0 Å². The van der Waals surface area contributed by atoms with Crippen molar-refractivity contribution in [2.45, 2.75) is 58.5 Å². The van der Waals surface area contributed by atoms with Gasteiger partial charge in [0.1, 0.15) is 0 Å². The van der Waals surface area contributed by atoms with Gasteiger partial charge in [0, 0.05) is 0 Å². The van der Waals surface area contributed by atoms with Crippen LogP contribution in [-0.4, -0.2) is 22.3 Å². The van der Waals surface area contributed by atoms with Crippen molar-refractivity contribution in [1.29, 1.82) is 0 Å². The van der Waals surface area contributed by atoms with Crippen LogP contribution in [0.25, 0.3) is 0 Å². The molecule has 14 heavy (non-hydrogen) atoms. The van der Waals surface area contributed by atoms with Crippen molar-refractivity contribution in [1.82, 2.24) is 0 Å². The molecule has 0 aliphatic rings. The number of carboxylic acids is 1. The van der Waals surface area contributed by atoms with Gasteiger partial charge in [-0.15, -0.1) is 0 Å².